The van der Waals surface area contributed by atoms with Crippen LogP contribution in [-0.2, 0) is 19.7 Å². The van der Waals surface area contributed by atoms with Crippen molar-refractivity contribution in [3.05, 3.63) is 65.7 Å². The molecule has 6 nitrogen and oxygen atoms in total. The van der Waals surface area contributed by atoms with Gasteiger partial charge in [0.25, 0.3) is 0 Å². The maximum atomic E-state index is 11.8. The largest absolute Gasteiger partial charge is 0.486 e. The van der Waals surface area contributed by atoms with Crippen LogP contribution in [-0.4, -0.2) is 23.7 Å². The highest BCUT2D eigenvalue weighted by molar-refractivity contribution is 5.71. The molecule has 0 aliphatic rings. The summed E-state index contributed by atoms with van der Waals surface area (Å²) in [6.45, 7) is 6.72. The molecule has 0 aliphatic carbocycles. The van der Waals surface area contributed by atoms with Crippen LogP contribution in [0.15, 0.2) is 54.6 Å². The highest BCUT2D eigenvalue weighted by Crippen LogP contribution is 2.28. The minimum Gasteiger partial charge on any atom is -0.486 e. The van der Waals surface area contributed by atoms with Gasteiger partial charge >= 0.3 is 11.9 Å². The number of rotatable bonds is 10. The van der Waals surface area contributed by atoms with Gasteiger partial charge in [-0.1, -0.05) is 63.2 Å². The molecular formula is C24H33NO5. The second kappa shape index (κ2) is 12.0. The monoisotopic (exact) mass is 415 g/mol. The Balaban J connectivity index is 0.00000450. The van der Waals surface area contributed by atoms with Crippen molar-refractivity contribution >= 4 is 11.9 Å². The van der Waals surface area contributed by atoms with Crippen LogP contribution < -0.4 is 10.9 Å². The number of hydrogen-bond acceptors (Lipinski definition) is 5. The van der Waals surface area contributed by atoms with Crippen LogP contribution in [0.2, 0.25) is 0 Å². The minimum absolute atomic E-state index is 0. The fourth-order valence-electron chi connectivity index (χ4n) is 2.90. The lowest BCUT2D eigenvalue weighted by Gasteiger charge is -2.22. The van der Waals surface area contributed by atoms with Crippen molar-refractivity contribution in [2.75, 3.05) is 6.61 Å². The molecule has 164 valence electrons. The lowest BCUT2D eigenvalue weighted by atomic mass is 9.87. The molecule has 0 radical (unpaired) electrons. The summed E-state index contributed by atoms with van der Waals surface area (Å²) in [5.74, 6) is -0.528. The Bertz CT molecular complexity index is 781. The minimum atomic E-state index is -0.909. The Kier molecular flexibility index (Phi) is 10.1. The number of esters is 1. The van der Waals surface area contributed by atoms with E-state index in [0.29, 0.717) is 6.42 Å². The Morgan fingerprint density at radius 1 is 0.967 bits per heavy atom. The van der Waals surface area contributed by atoms with Crippen LogP contribution >= 0.6 is 0 Å². The zero-order valence-electron chi connectivity index (χ0n) is 18.1. The third kappa shape index (κ3) is 8.66. The number of carboxylic acid groups (broad SMARTS) is 1. The van der Waals surface area contributed by atoms with Crippen molar-refractivity contribution in [2.24, 2.45) is 0 Å². The van der Waals surface area contributed by atoms with Crippen molar-refractivity contribution in [1.29, 1.82) is 0 Å². The van der Waals surface area contributed by atoms with Gasteiger partial charge in [-0.25, -0.2) is 0 Å². The summed E-state index contributed by atoms with van der Waals surface area (Å²) in [5, 5.41) is 8.63. The molecule has 0 aromatic heterocycles. The molecule has 0 aliphatic heterocycles. The van der Waals surface area contributed by atoms with Crippen LogP contribution in [0.5, 0.6) is 5.75 Å². The van der Waals surface area contributed by atoms with Crippen LogP contribution in [0.4, 0.5) is 0 Å². The standard InChI is InChI=1S/C24H30O5.H3N/c1-24(2,3)19-12-14-20(15-13-19)29-21(18-8-5-4-6-9-18)16-17-28-23(27)11-7-10-22(25)26;/h4-6,8-9,12-15,21H,7,10-11,16-17H2,1-3H3,(H,25,26);1H3. The van der Waals surface area contributed by atoms with E-state index in [1.807, 2.05) is 42.5 Å². The second-order valence-electron chi connectivity index (χ2n) is 8.05. The molecule has 4 N–H and O–H groups in total. The first-order chi connectivity index (χ1) is 13.8. The molecule has 2 aromatic rings. The van der Waals surface area contributed by atoms with Gasteiger partial charge in [-0.3, -0.25) is 9.59 Å². The van der Waals surface area contributed by atoms with Crippen LogP contribution in [0, 0.1) is 0 Å². The topological polar surface area (TPSA) is 108 Å². The molecule has 0 bridgehead atoms. The molecule has 0 spiro atoms. The summed E-state index contributed by atoms with van der Waals surface area (Å²) < 4.78 is 11.5. The van der Waals surface area contributed by atoms with Gasteiger partial charge < -0.3 is 20.7 Å². The van der Waals surface area contributed by atoms with Crippen LogP contribution in [0.25, 0.3) is 0 Å². The first-order valence-corrected chi connectivity index (χ1v) is 9.95. The molecule has 2 rings (SSSR count). The molecule has 30 heavy (non-hydrogen) atoms. The van der Waals surface area contributed by atoms with Crippen LogP contribution in [0.1, 0.15) is 63.7 Å². The molecule has 0 fully saturated rings. The molecule has 0 amide bonds. The summed E-state index contributed by atoms with van der Waals surface area (Å²) in [4.78, 5) is 22.3. The normalized spacial score (nSPS) is 11.8. The Morgan fingerprint density at radius 2 is 1.60 bits per heavy atom. The summed E-state index contributed by atoms with van der Waals surface area (Å²) in [6, 6.07) is 17.9. The van der Waals surface area contributed by atoms with Gasteiger partial charge in [-0.2, -0.15) is 0 Å². The predicted octanol–water partition coefficient (Wildman–Crippen LogP) is 5.45. The molecular weight excluding hydrogens is 382 g/mol. The molecule has 2 aromatic carbocycles. The average Bonchev–Trinajstić information content (AvgIpc) is 2.67. The maximum Gasteiger partial charge on any atom is 0.305 e. The SMILES string of the molecule is CC(C)(C)c1ccc(OC(CCOC(=O)CCCC(=O)O)c2ccccc2)cc1.N. The highest BCUT2D eigenvalue weighted by Gasteiger charge is 2.17. The van der Waals surface area contributed by atoms with Crippen molar-refractivity contribution in [3.8, 4) is 5.75 Å². The number of carbonyl (C=O) groups excluding carboxylic acids is 1. The molecule has 0 heterocycles. The quantitative estimate of drug-likeness (QED) is 0.499. The number of aliphatic carboxylic acids is 1. The van der Waals surface area contributed by atoms with E-state index < -0.39 is 5.97 Å². The number of ether oxygens (including phenoxy) is 2. The fourth-order valence-corrected chi connectivity index (χ4v) is 2.90. The lowest BCUT2D eigenvalue weighted by Crippen LogP contribution is -2.14. The van der Waals surface area contributed by atoms with Gasteiger partial charge in [0.05, 0.1) is 6.61 Å². The maximum absolute atomic E-state index is 11.8. The van der Waals surface area contributed by atoms with E-state index in [1.54, 1.807) is 0 Å². The van der Waals surface area contributed by atoms with Gasteiger partial charge in [0.1, 0.15) is 11.9 Å². The molecule has 0 saturated carbocycles. The first-order valence-electron chi connectivity index (χ1n) is 9.95. The summed E-state index contributed by atoms with van der Waals surface area (Å²) in [6.07, 6.45) is 0.624. The average molecular weight is 416 g/mol. The number of carboxylic acids is 1. The summed E-state index contributed by atoms with van der Waals surface area (Å²) in [5.41, 5.74) is 2.32. The van der Waals surface area contributed by atoms with E-state index in [9.17, 15) is 9.59 Å². The third-order valence-corrected chi connectivity index (χ3v) is 4.58. The summed E-state index contributed by atoms with van der Waals surface area (Å²) in [7, 11) is 0. The van der Waals surface area contributed by atoms with Gasteiger partial charge in [-0.05, 0) is 35.1 Å². The molecule has 1 atom stereocenters. The molecule has 1 unspecified atom stereocenters. The van der Waals surface area contributed by atoms with Crippen molar-refractivity contribution in [2.45, 2.75) is 58.0 Å². The van der Waals surface area contributed by atoms with Crippen molar-refractivity contribution in [1.82, 2.24) is 6.15 Å². The number of hydrogen-bond donors (Lipinski definition) is 2. The zero-order valence-corrected chi connectivity index (χ0v) is 18.1. The first kappa shape index (κ1) is 25.2. The highest BCUT2D eigenvalue weighted by atomic mass is 16.5. The van der Waals surface area contributed by atoms with Gasteiger partial charge in [-0.15, -0.1) is 0 Å². The van der Waals surface area contributed by atoms with Gasteiger partial charge in [0.15, 0.2) is 0 Å². The number of benzene rings is 2. The Hall–Kier alpha value is -2.86. The van der Waals surface area contributed by atoms with E-state index in [-0.39, 0.29) is 49.5 Å². The van der Waals surface area contributed by atoms with Gasteiger partial charge in [0, 0.05) is 19.3 Å². The van der Waals surface area contributed by atoms with Gasteiger partial charge in [0.2, 0.25) is 0 Å². The van der Waals surface area contributed by atoms with Crippen molar-refractivity contribution < 1.29 is 24.2 Å². The fraction of sp³-hybridized carbons (Fsp3) is 0.417. The Labute approximate surface area is 178 Å². The Morgan fingerprint density at radius 3 is 2.17 bits per heavy atom. The second-order valence-corrected chi connectivity index (χ2v) is 8.05. The predicted molar refractivity (Wildman–Crippen MR) is 117 cm³/mol. The van der Waals surface area contributed by atoms with E-state index in [2.05, 4.69) is 32.9 Å². The number of carbonyl (C=O) groups is 2. The zero-order chi connectivity index (χ0) is 21.3. The third-order valence-electron chi connectivity index (χ3n) is 4.58. The van der Waals surface area contributed by atoms with E-state index in [0.717, 1.165) is 11.3 Å². The van der Waals surface area contributed by atoms with E-state index in [4.69, 9.17) is 14.6 Å². The van der Waals surface area contributed by atoms with Crippen LogP contribution in [0.3, 0.4) is 0 Å². The summed E-state index contributed by atoms with van der Waals surface area (Å²) >= 11 is 0. The van der Waals surface area contributed by atoms with E-state index >= 15 is 0 Å². The van der Waals surface area contributed by atoms with Crippen molar-refractivity contribution in [3.63, 3.8) is 0 Å². The van der Waals surface area contributed by atoms with E-state index in [1.165, 1.54) is 5.56 Å². The smallest absolute Gasteiger partial charge is 0.305 e. The lowest BCUT2D eigenvalue weighted by molar-refractivity contribution is -0.144. The molecule has 0 saturated heterocycles. The molecule has 6 heteroatoms.